The van der Waals surface area contributed by atoms with E-state index in [1.165, 1.54) is 21.3 Å². The Kier molecular flexibility index (Phi) is 18.6. The largest absolute Gasteiger partial charge is 0.497 e. The second-order valence-electron chi connectivity index (χ2n) is 21.4. The lowest BCUT2D eigenvalue weighted by Gasteiger charge is -2.35. The van der Waals surface area contributed by atoms with Gasteiger partial charge in [-0.05, 0) is 132 Å². The molecule has 6 fully saturated rings. The van der Waals surface area contributed by atoms with Crippen molar-refractivity contribution in [3.8, 4) is 17.2 Å². The van der Waals surface area contributed by atoms with Crippen molar-refractivity contribution in [1.29, 1.82) is 0 Å². The molecule has 0 saturated heterocycles. The number of hydrogen-bond donors (Lipinski definition) is 2. The fourth-order valence-corrected chi connectivity index (χ4v) is 14.2. The number of rotatable bonds is 15. The van der Waals surface area contributed by atoms with Crippen LogP contribution in [0.5, 0.6) is 17.2 Å². The highest BCUT2D eigenvalue weighted by Crippen LogP contribution is 2.60. The second-order valence-corrected chi connectivity index (χ2v) is 21.4. The van der Waals surface area contributed by atoms with Gasteiger partial charge in [-0.15, -0.1) is 0 Å². The topological polar surface area (TPSA) is 238 Å². The quantitative estimate of drug-likeness (QED) is 0.121. The van der Waals surface area contributed by atoms with Crippen LogP contribution < -0.4 is 25.7 Å². The van der Waals surface area contributed by atoms with Crippen molar-refractivity contribution in [2.45, 2.75) is 78.9 Å². The monoisotopic (exact) mass is 1040 g/mol. The average molecular weight is 1040 g/mol. The summed E-state index contributed by atoms with van der Waals surface area (Å²) < 4.78 is 46.7. The number of esters is 6. The van der Waals surface area contributed by atoms with Gasteiger partial charge in [-0.1, -0.05) is 64.1 Å². The van der Waals surface area contributed by atoms with Crippen molar-refractivity contribution in [3.05, 3.63) is 89.5 Å². The number of methoxy groups -OCH3 is 6. The highest BCUT2D eigenvalue weighted by molar-refractivity contribution is 5.81. The van der Waals surface area contributed by atoms with Gasteiger partial charge in [0, 0.05) is 12.1 Å². The second kappa shape index (κ2) is 24.6. The maximum absolute atomic E-state index is 12.7. The van der Waals surface area contributed by atoms with E-state index in [4.69, 9.17) is 54.1 Å². The summed E-state index contributed by atoms with van der Waals surface area (Å²) in [5.74, 6) is 0.463. The molecule has 0 heterocycles. The van der Waals surface area contributed by atoms with Gasteiger partial charge in [-0.3, -0.25) is 28.8 Å². The van der Waals surface area contributed by atoms with Crippen LogP contribution in [-0.4, -0.2) is 90.6 Å². The molecule has 4 N–H and O–H groups in total. The molecule has 3 aromatic rings. The van der Waals surface area contributed by atoms with E-state index < -0.39 is 11.8 Å². The Morgan fingerprint density at radius 3 is 0.867 bits per heavy atom. The number of benzene rings is 3. The van der Waals surface area contributed by atoms with Gasteiger partial charge < -0.3 is 54.1 Å². The molecule has 18 atom stereocenters. The lowest BCUT2D eigenvalue weighted by atomic mass is 9.69. The maximum Gasteiger partial charge on any atom is 0.311 e. The molecule has 6 aliphatic carbocycles. The third-order valence-electron chi connectivity index (χ3n) is 18.0. The summed E-state index contributed by atoms with van der Waals surface area (Å²) in [6.07, 6.45) is 2.47. The van der Waals surface area contributed by atoms with Crippen LogP contribution in [0, 0.1) is 94.7 Å². The highest BCUT2D eigenvalue weighted by Gasteiger charge is 2.63. The van der Waals surface area contributed by atoms with E-state index in [0.29, 0.717) is 18.3 Å². The molecule has 0 radical (unpaired) electrons. The van der Waals surface area contributed by atoms with Gasteiger partial charge in [-0.2, -0.15) is 0 Å². The molecule has 6 bridgehead atoms. The van der Waals surface area contributed by atoms with E-state index in [1.54, 1.807) is 33.5 Å². The van der Waals surface area contributed by atoms with Crippen molar-refractivity contribution < 1.29 is 71.4 Å². The van der Waals surface area contributed by atoms with Crippen LogP contribution in [0.2, 0.25) is 0 Å². The van der Waals surface area contributed by atoms with Gasteiger partial charge >= 0.3 is 35.8 Å². The van der Waals surface area contributed by atoms with E-state index >= 15 is 0 Å². The molecular formula is C58H76N2O15. The summed E-state index contributed by atoms with van der Waals surface area (Å²) in [4.78, 5) is 74.3. The van der Waals surface area contributed by atoms with Gasteiger partial charge in [0.15, 0.2) is 0 Å². The molecule has 6 unspecified atom stereocenters. The zero-order valence-corrected chi connectivity index (χ0v) is 44.8. The van der Waals surface area contributed by atoms with Crippen molar-refractivity contribution in [1.82, 2.24) is 0 Å². The summed E-state index contributed by atoms with van der Waals surface area (Å²) >= 11 is 0. The predicted octanol–water partition coefficient (Wildman–Crippen LogP) is 6.58. The van der Waals surface area contributed by atoms with Crippen LogP contribution >= 0.6 is 0 Å². The fraction of sp³-hybridized carbons (Fsp3) is 0.586. The van der Waals surface area contributed by atoms with Gasteiger partial charge in [0.1, 0.15) is 37.1 Å². The lowest BCUT2D eigenvalue weighted by molar-refractivity contribution is -0.162. The zero-order valence-electron chi connectivity index (χ0n) is 44.8. The van der Waals surface area contributed by atoms with Crippen molar-refractivity contribution in [3.63, 3.8) is 0 Å². The first kappa shape index (κ1) is 56.5. The molecule has 9 rings (SSSR count). The molecule has 0 spiro atoms. The van der Waals surface area contributed by atoms with Crippen LogP contribution in [0.4, 0.5) is 0 Å². The zero-order chi connectivity index (χ0) is 54.4. The number of nitrogens with two attached hydrogens (primary N) is 2. The van der Waals surface area contributed by atoms with Crippen molar-refractivity contribution in [2.75, 3.05) is 42.7 Å². The molecule has 0 aromatic heterocycles. The first-order valence-electron chi connectivity index (χ1n) is 26.1. The molecule has 6 aliphatic rings. The summed E-state index contributed by atoms with van der Waals surface area (Å²) in [5, 5.41) is 0. The van der Waals surface area contributed by atoms with E-state index in [2.05, 4.69) is 27.7 Å². The Morgan fingerprint density at radius 1 is 0.360 bits per heavy atom. The van der Waals surface area contributed by atoms with Crippen LogP contribution in [0.3, 0.4) is 0 Å². The summed E-state index contributed by atoms with van der Waals surface area (Å²) in [7, 11) is 8.99. The molecule has 6 saturated carbocycles. The SMILES string of the molecule is COC(=O)[C@@H]1C2CC([C@H]1C)[C@@H](C)[C@@H]2C(=O)OCc1ccc(OC)cc1.COC(=O)[C@@H]1C2CC([C@H]1N)[C@@H](N)[C@@H]2C(=O)OCc1ccc(OC)cc1.COC(=O)[C@H]1C2CC([C@H]1C)[C@@H](C)[C@H]2C(=O)OCc1ccc(OC)cc1. The van der Waals surface area contributed by atoms with Crippen molar-refractivity contribution >= 4 is 35.8 Å². The van der Waals surface area contributed by atoms with Crippen LogP contribution in [0.15, 0.2) is 72.8 Å². The van der Waals surface area contributed by atoms with E-state index in [1.807, 2.05) is 60.7 Å². The Balaban J connectivity index is 0.000000164. The molecule has 408 valence electrons. The van der Waals surface area contributed by atoms with Crippen molar-refractivity contribution in [2.24, 2.45) is 106 Å². The van der Waals surface area contributed by atoms with Crippen LogP contribution in [-0.2, 0) is 77.0 Å². The van der Waals surface area contributed by atoms with Crippen LogP contribution in [0.25, 0.3) is 0 Å². The Hall–Kier alpha value is -6.20. The Morgan fingerprint density at radius 2 is 0.600 bits per heavy atom. The summed E-state index contributed by atoms with van der Waals surface area (Å²) in [6, 6.07) is 21.4. The molecule has 3 aromatic carbocycles. The van der Waals surface area contributed by atoms with Gasteiger partial charge in [0.05, 0.1) is 78.2 Å². The number of carbonyl (C=O) groups excluding carboxylic acids is 6. The van der Waals surface area contributed by atoms with E-state index in [0.717, 1.165) is 46.8 Å². The molecule has 0 amide bonds. The normalized spacial score (nSPS) is 33.1. The molecule has 75 heavy (non-hydrogen) atoms. The molecule has 17 heteroatoms. The standard InChI is InChI=1S/2C20H26O5.C18H24N2O5/c2*1-11-15-9-16(17(11)19(21)24-4)18(12(15)2)20(22)25-10-13-5-7-14(23-3)8-6-13;1-23-10-5-3-9(4-6-10)8-25-18(22)14-11-7-12(16(14)20)15(19)13(11)17(21)24-2/h2*5-8,11-12,15-18H,9-10H2,1-4H3;3-6,11-16H,7-8,19-20H2,1-2H3/t11-,12-,15?,16?,17+,18+;11-,12-,15?,16?,17-,18-;11?,12?,13-,14-,15-,16-/m111/s1. The molecule has 0 aliphatic heterocycles. The summed E-state index contributed by atoms with van der Waals surface area (Å²) in [5.41, 5.74) is 15.1. The first-order valence-corrected chi connectivity index (χ1v) is 26.1. The van der Waals surface area contributed by atoms with Gasteiger partial charge in [0.2, 0.25) is 0 Å². The average Bonchev–Trinajstić information content (AvgIpc) is 4.28. The number of hydrogen-bond acceptors (Lipinski definition) is 17. The maximum atomic E-state index is 12.7. The first-order chi connectivity index (χ1) is 35.9. The smallest absolute Gasteiger partial charge is 0.311 e. The summed E-state index contributed by atoms with van der Waals surface area (Å²) in [6.45, 7) is 9.04. The van der Waals surface area contributed by atoms with Crippen LogP contribution in [0.1, 0.15) is 63.6 Å². The number of carbonyl (C=O) groups is 6. The Labute approximate surface area is 440 Å². The fourth-order valence-electron chi connectivity index (χ4n) is 14.2. The molecule has 17 nitrogen and oxygen atoms in total. The molecular weight excluding hydrogens is 965 g/mol. The van der Waals surface area contributed by atoms with Gasteiger partial charge in [-0.25, -0.2) is 0 Å². The Bertz CT molecular complexity index is 2200. The van der Waals surface area contributed by atoms with E-state index in [-0.39, 0.29) is 139 Å². The third-order valence-corrected chi connectivity index (χ3v) is 18.0. The highest BCUT2D eigenvalue weighted by atomic mass is 16.6. The minimum atomic E-state index is -0.521. The predicted molar refractivity (Wildman–Crippen MR) is 273 cm³/mol. The van der Waals surface area contributed by atoms with E-state index in [9.17, 15) is 28.8 Å². The van der Waals surface area contributed by atoms with Gasteiger partial charge in [0.25, 0.3) is 0 Å². The lowest BCUT2D eigenvalue weighted by Crippen LogP contribution is -2.54. The minimum Gasteiger partial charge on any atom is -0.497 e. The number of ether oxygens (including phenoxy) is 9. The number of fused-ring (bicyclic) bond motifs is 6. The third kappa shape index (κ3) is 11.6. The minimum absolute atomic E-state index is 0.0332.